The fourth-order valence-corrected chi connectivity index (χ4v) is 3.76. The van der Waals surface area contributed by atoms with Gasteiger partial charge in [-0.2, -0.15) is 4.31 Å². The molecule has 8 heteroatoms. The summed E-state index contributed by atoms with van der Waals surface area (Å²) in [6.07, 6.45) is 0.0753. The number of nitrogens with zero attached hydrogens (tertiary/aromatic N) is 1. The molecule has 0 radical (unpaired) electrons. The molecule has 1 atom stereocenters. The Labute approximate surface area is 122 Å². The molecule has 0 fully saturated rings. The maximum Gasteiger partial charge on any atom is 0.322 e. The van der Waals surface area contributed by atoms with Crippen molar-refractivity contribution in [2.75, 3.05) is 12.9 Å². The predicted octanol–water partition coefficient (Wildman–Crippen LogP) is 0.000700. The lowest BCUT2D eigenvalue weighted by molar-refractivity contribution is -0.142. The van der Waals surface area contributed by atoms with Gasteiger partial charge in [0.25, 0.3) is 0 Å². The van der Waals surface area contributed by atoms with Crippen LogP contribution in [0.4, 0.5) is 0 Å². The number of esters is 1. The van der Waals surface area contributed by atoms with E-state index in [2.05, 4.69) is 4.74 Å². The highest BCUT2D eigenvalue weighted by atomic mass is 32.2. The van der Waals surface area contributed by atoms with Crippen LogP contribution in [0.2, 0.25) is 0 Å². The van der Waals surface area contributed by atoms with Crippen molar-refractivity contribution in [3.63, 3.8) is 0 Å². The maximum atomic E-state index is 12.2. The zero-order valence-electron chi connectivity index (χ0n) is 11.4. The molecule has 1 aliphatic heterocycles. The van der Waals surface area contributed by atoms with E-state index in [4.69, 9.17) is 0 Å². The van der Waals surface area contributed by atoms with E-state index in [-0.39, 0.29) is 13.0 Å². The third-order valence-corrected chi connectivity index (χ3v) is 5.07. The zero-order chi connectivity index (χ0) is 15.6. The van der Waals surface area contributed by atoms with Crippen molar-refractivity contribution in [2.24, 2.45) is 0 Å². The molecule has 0 aromatic heterocycles. The van der Waals surface area contributed by atoms with Crippen molar-refractivity contribution >= 4 is 22.0 Å². The summed E-state index contributed by atoms with van der Waals surface area (Å²) >= 11 is 0. The molecule has 2 rings (SSSR count). The summed E-state index contributed by atoms with van der Waals surface area (Å²) in [6, 6.07) is 5.83. The largest absolute Gasteiger partial charge is 0.480 e. The number of methoxy groups -OCH3 is 1. The zero-order valence-corrected chi connectivity index (χ0v) is 12.2. The van der Waals surface area contributed by atoms with E-state index in [0.717, 1.165) is 22.5 Å². The monoisotopic (exact) mass is 313 g/mol. The lowest BCUT2D eigenvalue weighted by Crippen LogP contribution is -2.50. The standard InChI is InChI=1S/C13H15NO6S/c1-20-12(15)8-21(18,19)14-7-10-5-3-2-4-9(10)6-11(14)13(16)17/h2-5,11H,6-8H2,1H3,(H,16,17)/t11-/m1/s1. The molecule has 0 saturated heterocycles. The Morgan fingerprint density at radius 3 is 2.52 bits per heavy atom. The number of benzene rings is 1. The van der Waals surface area contributed by atoms with E-state index in [1.807, 2.05) is 0 Å². The second-order valence-corrected chi connectivity index (χ2v) is 6.63. The SMILES string of the molecule is COC(=O)CS(=O)(=O)N1Cc2ccccc2C[C@@H]1C(=O)O. The third kappa shape index (κ3) is 3.22. The highest BCUT2D eigenvalue weighted by molar-refractivity contribution is 7.89. The number of carbonyl (C=O) groups excluding carboxylic acids is 1. The summed E-state index contributed by atoms with van der Waals surface area (Å²) in [5.74, 6) is -3.02. The summed E-state index contributed by atoms with van der Waals surface area (Å²) in [6.45, 7) is -0.0630. The predicted molar refractivity (Wildman–Crippen MR) is 72.9 cm³/mol. The highest BCUT2D eigenvalue weighted by Gasteiger charge is 2.39. The molecule has 0 spiro atoms. The molecular weight excluding hydrogens is 298 g/mol. The van der Waals surface area contributed by atoms with Gasteiger partial charge in [-0.3, -0.25) is 9.59 Å². The second kappa shape index (κ2) is 5.82. The topological polar surface area (TPSA) is 101 Å². The van der Waals surface area contributed by atoms with Crippen molar-refractivity contribution in [1.29, 1.82) is 0 Å². The van der Waals surface area contributed by atoms with Gasteiger partial charge in [0, 0.05) is 13.0 Å². The van der Waals surface area contributed by atoms with Crippen LogP contribution in [0.25, 0.3) is 0 Å². The van der Waals surface area contributed by atoms with Crippen LogP contribution in [0.15, 0.2) is 24.3 Å². The van der Waals surface area contributed by atoms with E-state index in [1.165, 1.54) is 0 Å². The van der Waals surface area contributed by atoms with Crippen LogP contribution in [0.5, 0.6) is 0 Å². The van der Waals surface area contributed by atoms with Gasteiger partial charge < -0.3 is 9.84 Å². The fraction of sp³-hybridized carbons (Fsp3) is 0.385. The molecule has 0 amide bonds. The van der Waals surface area contributed by atoms with Crippen LogP contribution in [-0.2, 0) is 37.3 Å². The van der Waals surface area contributed by atoms with Crippen LogP contribution < -0.4 is 0 Å². The summed E-state index contributed by atoms with van der Waals surface area (Å²) in [4.78, 5) is 22.6. The fourth-order valence-electron chi connectivity index (χ4n) is 2.29. The number of rotatable bonds is 4. The summed E-state index contributed by atoms with van der Waals surface area (Å²) in [5, 5.41) is 9.27. The molecule has 114 valence electrons. The molecule has 0 saturated carbocycles. The quantitative estimate of drug-likeness (QED) is 0.785. The average Bonchev–Trinajstić information content (AvgIpc) is 2.45. The smallest absolute Gasteiger partial charge is 0.322 e. The Bertz CT molecular complexity index is 669. The molecule has 0 unspecified atom stereocenters. The number of aliphatic carboxylic acids is 1. The lowest BCUT2D eigenvalue weighted by atomic mass is 9.96. The first kappa shape index (κ1) is 15.5. The molecule has 7 nitrogen and oxygen atoms in total. The molecule has 1 aromatic rings. The van der Waals surface area contributed by atoms with Crippen LogP contribution in [0.3, 0.4) is 0 Å². The summed E-state index contributed by atoms with van der Waals surface area (Å²) in [7, 11) is -2.97. The van der Waals surface area contributed by atoms with E-state index >= 15 is 0 Å². The molecule has 1 heterocycles. The molecule has 21 heavy (non-hydrogen) atoms. The van der Waals surface area contributed by atoms with Gasteiger partial charge in [0.1, 0.15) is 6.04 Å². The first-order chi connectivity index (χ1) is 9.85. The van der Waals surface area contributed by atoms with Crippen molar-refractivity contribution in [3.8, 4) is 0 Å². The number of carboxylic acids is 1. The van der Waals surface area contributed by atoms with Gasteiger partial charge >= 0.3 is 11.9 Å². The van der Waals surface area contributed by atoms with E-state index in [9.17, 15) is 23.1 Å². The minimum absolute atomic E-state index is 0.0630. The molecule has 1 N–H and O–H groups in total. The van der Waals surface area contributed by atoms with Gasteiger partial charge in [-0.05, 0) is 11.1 Å². The van der Waals surface area contributed by atoms with Gasteiger partial charge in [0.15, 0.2) is 5.75 Å². The van der Waals surface area contributed by atoms with E-state index in [0.29, 0.717) is 0 Å². The normalized spacial score (nSPS) is 18.8. The molecule has 0 aliphatic carbocycles. The Kier molecular flexibility index (Phi) is 4.29. The third-order valence-electron chi connectivity index (χ3n) is 3.38. The second-order valence-electron chi connectivity index (χ2n) is 4.70. The number of ether oxygens (including phenoxy) is 1. The van der Waals surface area contributed by atoms with Crippen molar-refractivity contribution in [3.05, 3.63) is 35.4 Å². The van der Waals surface area contributed by atoms with Gasteiger partial charge in [0.05, 0.1) is 7.11 Å². The van der Waals surface area contributed by atoms with E-state index < -0.39 is 33.8 Å². The van der Waals surface area contributed by atoms with Gasteiger partial charge in [-0.15, -0.1) is 0 Å². The average molecular weight is 313 g/mol. The summed E-state index contributed by atoms with van der Waals surface area (Å²) < 4.78 is 29.7. The minimum Gasteiger partial charge on any atom is -0.480 e. The first-order valence-corrected chi connectivity index (χ1v) is 7.82. The first-order valence-electron chi connectivity index (χ1n) is 6.21. The van der Waals surface area contributed by atoms with Crippen LogP contribution >= 0.6 is 0 Å². The lowest BCUT2D eigenvalue weighted by Gasteiger charge is -2.33. The Hall–Kier alpha value is -1.93. The number of carboxylic acid groups (broad SMARTS) is 1. The Balaban J connectivity index is 2.37. The van der Waals surface area contributed by atoms with E-state index in [1.54, 1.807) is 24.3 Å². The van der Waals surface area contributed by atoms with Crippen LogP contribution in [-0.4, -0.2) is 48.7 Å². The van der Waals surface area contributed by atoms with Crippen molar-refractivity contribution in [2.45, 2.75) is 19.0 Å². The highest BCUT2D eigenvalue weighted by Crippen LogP contribution is 2.26. The van der Waals surface area contributed by atoms with Crippen molar-refractivity contribution < 1.29 is 27.9 Å². The van der Waals surface area contributed by atoms with Crippen molar-refractivity contribution in [1.82, 2.24) is 4.31 Å². The number of sulfonamides is 1. The number of hydrogen-bond donors (Lipinski definition) is 1. The molecule has 1 aromatic carbocycles. The van der Waals surface area contributed by atoms with Gasteiger partial charge in [0.2, 0.25) is 10.0 Å². The van der Waals surface area contributed by atoms with Gasteiger partial charge in [-0.25, -0.2) is 8.42 Å². The van der Waals surface area contributed by atoms with Crippen LogP contribution in [0, 0.1) is 0 Å². The Morgan fingerprint density at radius 1 is 1.33 bits per heavy atom. The summed E-state index contributed by atoms with van der Waals surface area (Å²) in [5.41, 5.74) is 1.54. The van der Waals surface area contributed by atoms with Crippen LogP contribution in [0.1, 0.15) is 11.1 Å². The molecular formula is C13H15NO6S. The van der Waals surface area contributed by atoms with Gasteiger partial charge in [-0.1, -0.05) is 24.3 Å². The maximum absolute atomic E-state index is 12.2. The number of fused-ring (bicyclic) bond motifs is 1. The Morgan fingerprint density at radius 2 is 1.95 bits per heavy atom. The number of hydrogen-bond acceptors (Lipinski definition) is 5. The minimum atomic E-state index is -4.05. The molecule has 1 aliphatic rings. The number of carbonyl (C=O) groups is 2. The molecule has 0 bridgehead atoms.